The van der Waals surface area contributed by atoms with Crippen molar-refractivity contribution in [3.63, 3.8) is 0 Å². The first-order chi connectivity index (χ1) is 9.05. The summed E-state index contributed by atoms with van der Waals surface area (Å²) in [6.07, 6.45) is 2.14. The van der Waals surface area contributed by atoms with Crippen LogP contribution >= 0.6 is 0 Å². The third kappa shape index (κ3) is 2.88. The van der Waals surface area contributed by atoms with Gasteiger partial charge in [0.25, 0.3) is 0 Å². The summed E-state index contributed by atoms with van der Waals surface area (Å²) < 4.78 is 0. The van der Waals surface area contributed by atoms with Crippen LogP contribution in [-0.2, 0) is 9.59 Å². The fourth-order valence-electron chi connectivity index (χ4n) is 2.28. The van der Waals surface area contributed by atoms with Crippen molar-refractivity contribution in [2.45, 2.75) is 30.8 Å². The molecule has 0 radical (unpaired) electrons. The Morgan fingerprint density at radius 1 is 1.26 bits per heavy atom. The van der Waals surface area contributed by atoms with Crippen LogP contribution in [0.5, 0.6) is 0 Å². The number of aliphatic hydroxyl groups is 3. The topological polar surface area (TPSA) is 110 Å². The first-order valence-electron chi connectivity index (χ1n) is 6.49. The molecule has 4 N–H and O–H groups in total. The van der Waals surface area contributed by atoms with E-state index in [1.54, 1.807) is 4.90 Å². The van der Waals surface area contributed by atoms with E-state index in [-0.39, 0.29) is 18.4 Å². The van der Waals surface area contributed by atoms with E-state index in [0.29, 0.717) is 6.54 Å². The highest BCUT2D eigenvalue weighted by atomic mass is 16.3. The summed E-state index contributed by atoms with van der Waals surface area (Å²) >= 11 is 0. The standard InChI is InChI=1S/C12H20N2O5/c15-5-12(6-16,7-17)13-11(19)8-3-10(18)14(4-8)9-1-2-9/h8-9,15-17H,1-7H2,(H,13,19). The fraction of sp³-hybridized carbons (Fsp3) is 0.833. The second-order valence-corrected chi connectivity index (χ2v) is 5.42. The Bertz CT molecular complexity index is 357. The molecule has 0 aromatic heterocycles. The highest BCUT2D eigenvalue weighted by molar-refractivity contribution is 5.89. The van der Waals surface area contributed by atoms with E-state index in [4.69, 9.17) is 15.3 Å². The molecule has 2 rings (SSSR count). The van der Waals surface area contributed by atoms with E-state index < -0.39 is 37.2 Å². The van der Waals surface area contributed by atoms with Gasteiger partial charge in [0.15, 0.2) is 0 Å². The predicted molar refractivity (Wildman–Crippen MR) is 65.0 cm³/mol. The van der Waals surface area contributed by atoms with Gasteiger partial charge in [-0.2, -0.15) is 0 Å². The molecule has 1 atom stereocenters. The number of hydrogen-bond acceptors (Lipinski definition) is 5. The molecule has 1 unspecified atom stereocenters. The first-order valence-corrected chi connectivity index (χ1v) is 6.49. The van der Waals surface area contributed by atoms with Gasteiger partial charge in [-0.3, -0.25) is 9.59 Å². The number of likely N-dealkylation sites (tertiary alicyclic amines) is 1. The molecular weight excluding hydrogens is 252 g/mol. The molecule has 0 bridgehead atoms. The van der Waals surface area contributed by atoms with Crippen LogP contribution in [0.1, 0.15) is 19.3 Å². The lowest BCUT2D eigenvalue weighted by atomic mass is 10.0. The van der Waals surface area contributed by atoms with Crippen molar-refractivity contribution in [1.29, 1.82) is 0 Å². The molecule has 1 heterocycles. The van der Waals surface area contributed by atoms with Crippen LogP contribution in [0.25, 0.3) is 0 Å². The number of amides is 2. The Kier molecular flexibility index (Phi) is 4.07. The lowest BCUT2D eigenvalue weighted by Crippen LogP contribution is -2.58. The van der Waals surface area contributed by atoms with Crippen LogP contribution in [0.3, 0.4) is 0 Å². The normalized spacial score (nSPS) is 23.8. The maximum Gasteiger partial charge on any atom is 0.226 e. The quantitative estimate of drug-likeness (QED) is 0.440. The van der Waals surface area contributed by atoms with E-state index in [9.17, 15) is 9.59 Å². The van der Waals surface area contributed by atoms with Crippen LogP contribution in [0.4, 0.5) is 0 Å². The summed E-state index contributed by atoms with van der Waals surface area (Å²) in [5.41, 5.74) is -1.42. The Balaban J connectivity index is 1.95. The maximum absolute atomic E-state index is 12.0. The third-order valence-electron chi connectivity index (χ3n) is 3.81. The summed E-state index contributed by atoms with van der Waals surface area (Å²) in [5, 5.41) is 29.9. The molecule has 1 aliphatic carbocycles. The van der Waals surface area contributed by atoms with Crippen molar-refractivity contribution in [2.24, 2.45) is 5.92 Å². The summed E-state index contributed by atoms with van der Waals surface area (Å²) in [5.74, 6) is -0.906. The Morgan fingerprint density at radius 2 is 1.84 bits per heavy atom. The number of carbonyl (C=O) groups is 2. The summed E-state index contributed by atoms with van der Waals surface area (Å²) in [6.45, 7) is -1.29. The van der Waals surface area contributed by atoms with Gasteiger partial charge >= 0.3 is 0 Å². The van der Waals surface area contributed by atoms with Gasteiger partial charge in [-0.15, -0.1) is 0 Å². The molecule has 1 aliphatic heterocycles. The van der Waals surface area contributed by atoms with Crippen molar-refractivity contribution < 1.29 is 24.9 Å². The van der Waals surface area contributed by atoms with Crippen molar-refractivity contribution in [3.05, 3.63) is 0 Å². The number of aliphatic hydroxyl groups excluding tert-OH is 3. The molecule has 7 heteroatoms. The summed E-state index contributed by atoms with van der Waals surface area (Å²) in [6, 6.07) is 0.281. The van der Waals surface area contributed by atoms with Crippen molar-refractivity contribution in [2.75, 3.05) is 26.4 Å². The fourth-order valence-corrected chi connectivity index (χ4v) is 2.28. The number of nitrogens with zero attached hydrogens (tertiary/aromatic N) is 1. The Labute approximate surface area is 111 Å². The van der Waals surface area contributed by atoms with E-state index in [1.807, 2.05) is 0 Å². The summed E-state index contributed by atoms with van der Waals surface area (Å²) in [4.78, 5) is 25.5. The third-order valence-corrected chi connectivity index (χ3v) is 3.81. The molecule has 19 heavy (non-hydrogen) atoms. The first kappa shape index (κ1) is 14.2. The molecule has 0 aromatic rings. The number of hydrogen-bond donors (Lipinski definition) is 4. The minimum atomic E-state index is -1.42. The van der Waals surface area contributed by atoms with E-state index in [2.05, 4.69) is 5.32 Å². The molecule has 108 valence electrons. The van der Waals surface area contributed by atoms with Gasteiger partial charge in [0.1, 0.15) is 5.54 Å². The van der Waals surface area contributed by atoms with Gasteiger partial charge in [0, 0.05) is 19.0 Å². The zero-order valence-corrected chi connectivity index (χ0v) is 10.7. The van der Waals surface area contributed by atoms with Gasteiger partial charge in [0.2, 0.25) is 11.8 Å². The second-order valence-electron chi connectivity index (χ2n) is 5.42. The van der Waals surface area contributed by atoms with Gasteiger partial charge in [0.05, 0.1) is 25.7 Å². The second kappa shape index (κ2) is 5.44. The molecule has 2 amide bonds. The van der Waals surface area contributed by atoms with Crippen molar-refractivity contribution in [1.82, 2.24) is 10.2 Å². The molecule has 2 fully saturated rings. The highest BCUT2D eigenvalue weighted by Crippen LogP contribution is 2.32. The molecule has 0 spiro atoms. The lowest BCUT2D eigenvalue weighted by Gasteiger charge is -2.29. The van der Waals surface area contributed by atoms with Gasteiger partial charge < -0.3 is 25.5 Å². The van der Waals surface area contributed by atoms with Crippen LogP contribution in [0.15, 0.2) is 0 Å². The molecule has 1 saturated carbocycles. The van der Waals surface area contributed by atoms with Gasteiger partial charge in [-0.25, -0.2) is 0 Å². The largest absolute Gasteiger partial charge is 0.394 e. The molecule has 7 nitrogen and oxygen atoms in total. The zero-order chi connectivity index (χ0) is 14.0. The SMILES string of the molecule is O=C(NC(CO)(CO)CO)C1CC(=O)N(C2CC2)C1. The van der Waals surface area contributed by atoms with Crippen LogP contribution in [0, 0.1) is 5.92 Å². The van der Waals surface area contributed by atoms with E-state index >= 15 is 0 Å². The number of carbonyl (C=O) groups excluding carboxylic acids is 2. The van der Waals surface area contributed by atoms with E-state index in [0.717, 1.165) is 12.8 Å². The Morgan fingerprint density at radius 3 is 2.32 bits per heavy atom. The highest BCUT2D eigenvalue weighted by Gasteiger charge is 2.43. The number of rotatable bonds is 6. The minimum Gasteiger partial charge on any atom is -0.394 e. The average molecular weight is 272 g/mol. The minimum absolute atomic E-state index is 0.0229. The molecular formula is C12H20N2O5. The van der Waals surface area contributed by atoms with Crippen LogP contribution < -0.4 is 5.32 Å². The van der Waals surface area contributed by atoms with Crippen molar-refractivity contribution >= 4 is 11.8 Å². The molecule has 0 aromatic carbocycles. The van der Waals surface area contributed by atoms with Crippen LogP contribution in [-0.4, -0.2) is 70.0 Å². The van der Waals surface area contributed by atoms with Crippen LogP contribution in [0.2, 0.25) is 0 Å². The summed E-state index contributed by atoms with van der Waals surface area (Å²) in [7, 11) is 0. The molecule has 2 aliphatic rings. The molecule has 1 saturated heterocycles. The smallest absolute Gasteiger partial charge is 0.226 e. The Hall–Kier alpha value is -1.18. The van der Waals surface area contributed by atoms with Crippen molar-refractivity contribution in [3.8, 4) is 0 Å². The number of nitrogens with one attached hydrogen (secondary N) is 1. The average Bonchev–Trinajstić information content (AvgIpc) is 3.19. The lowest BCUT2D eigenvalue weighted by molar-refractivity contribution is -0.130. The predicted octanol–water partition coefficient (Wildman–Crippen LogP) is -2.17. The van der Waals surface area contributed by atoms with Gasteiger partial charge in [-0.05, 0) is 12.8 Å². The van der Waals surface area contributed by atoms with E-state index in [1.165, 1.54) is 0 Å². The van der Waals surface area contributed by atoms with Gasteiger partial charge in [-0.1, -0.05) is 0 Å². The monoisotopic (exact) mass is 272 g/mol. The zero-order valence-electron chi connectivity index (χ0n) is 10.7. The maximum atomic E-state index is 12.0.